The highest BCUT2D eigenvalue weighted by atomic mass is 16.5. The van der Waals surface area contributed by atoms with Gasteiger partial charge in [-0.1, -0.05) is 30.3 Å². The topological polar surface area (TPSA) is 26.3 Å². The molecule has 0 atom stereocenters. The van der Waals surface area contributed by atoms with Crippen LogP contribution in [0.3, 0.4) is 0 Å². The van der Waals surface area contributed by atoms with E-state index in [0.717, 1.165) is 19.1 Å². The number of rotatable bonds is 4. The molecular weight excluding hydrogens is 200 g/mol. The molecule has 1 aromatic carbocycles. The Morgan fingerprint density at radius 3 is 2.44 bits per heavy atom. The molecule has 0 heterocycles. The molecular formula is C14H18O2. The Labute approximate surface area is 96.6 Å². The molecule has 2 heteroatoms. The number of hydrogen-bond acceptors (Lipinski definition) is 2. The number of carbonyl (C=O) groups is 1. The molecule has 0 saturated heterocycles. The van der Waals surface area contributed by atoms with E-state index in [1.807, 2.05) is 0 Å². The Kier molecular flexibility index (Phi) is 4.11. The monoisotopic (exact) mass is 218 g/mol. The second-order valence-electron chi connectivity index (χ2n) is 4.38. The Morgan fingerprint density at radius 2 is 1.81 bits per heavy atom. The molecule has 16 heavy (non-hydrogen) atoms. The highest BCUT2D eigenvalue weighted by Gasteiger charge is 2.22. The van der Waals surface area contributed by atoms with Crippen molar-refractivity contribution in [1.82, 2.24) is 0 Å². The Balaban J connectivity index is 1.83. The maximum Gasteiger partial charge on any atom is 0.145 e. The minimum atomic E-state index is 0.251. The van der Waals surface area contributed by atoms with Crippen molar-refractivity contribution < 1.29 is 9.53 Å². The summed E-state index contributed by atoms with van der Waals surface area (Å²) in [6, 6.07) is 10.7. The summed E-state index contributed by atoms with van der Waals surface area (Å²) in [5.74, 6) is 0.678. The third-order valence-corrected chi connectivity index (χ3v) is 3.35. The average Bonchev–Trinajstić information content (AvgIpc) is 2.38. The normalized spacial score (nSPS) is 25.2. The number of aldehydes is 1. The molecule has 0 amide bonds. The van der Waals surface area contributed by atoms with E-state index in [1.165, 1.54) is 18.4 Å². The number of hydrogen-bond donors (Lipinski definition) is 0. The second-order valence-corrected chi connectivity index (χ2v) is 4.38. The molecule has 2 nitrogen and oxygen atoms in total. The van der Waals surface area contributed by atoms with Gasteiger partial charge in [0, 0.05) is 0 Å². The van der Waals surface area contributed by atoms with Crippen LogP contribution in [0.4, 0.5) is 0 Å². The fourth-order valence-corrected chi connectivity index (χ4v) is 2.46. The van der Waals surface area contributed by atoms with Gasteiger partial charge in [0.25, 0.3) is 0 Å². The van der Waals surface area contributed by atoms with Crippen molar-refractivity contribution in [3.05, 3.63) is 35.9 Å². The van der Waals surface area contributed by atoms with Crippen molar-refractivity contribution in [3.63, 3.8) is 0 Å². The lowest BCUT2D eigenvalue weighted by Gasteiger charge is -2.28. The van der Waals surface area contributed by atoms with Gasteiger partial charge < -0.3 is 9.53 Å². The van der Waals surface area contributed by atoms with Crippen LogP contribution in [-0.4, -0.2) is 19.0 Å². The maximum atomic E-state index is 10.2. The summed E-state index contributed by atoms with van der Waals surface area (Å²) in [6.45, 7) is 0.251. The molecule has 1 aliphatic carbocycles. The van der Waals surface area contributed by atoms with E-state index in [4.69, 9.17) is 4.74 Å². The predicted octanol–water partition coefficient (Wildman–Crippen LogP) is 2.93. The van der Waals surface area contributed by atoms with Crippen LogP contribution >= 0.6 is 0 Å². The van der Waals surface area contributed by atoms with Crippen molar-refractivity contribution in [2.24, 2.45) is 0 Å². The van der Waals surface area contributed by atoms with Crippen molar-refractivity contribution in [2.75, 3.05) is 6.61 Å². The molecule has 0 N–H and O–H groups in total. The van der Waals surface area contributed by atoms with Crippen molar-refractivity contribution in [2.45, 2.75) is 37.7 Å². The van der Waals surface area contributed by atoms with Gasteiger partial charge in [-0.3, -0.25) is 0 Å². The van der Waals surface area contributed by atoms with Crippen molar-refractivity contribution >= 4 is 6.29 Å². The van der Waals surface area contributed by atoms with Gasteiger partial charge >= 0.3 is 0 Å². The van der Waals surface area contributed by atoms with E-state index >= 15 is 0 Å². The molecule has 1 aliphatic rings. The molecule has 0 spiro atoms. The van der Waals surface area contributed by atoms with Crippen LogP contribution < -0.4 is 0 Å². The quantitative estimate of drug-likeness (QED) is 0.726. The van der Waals surface area contributed by atoms with Gasteiger partial charge in [0.05, 0.1) is 6.10 Å². The van der Waals surface area contributed by atoms with Crippen molar-refractivity contribution in [3.8, 4) is 0 Å². The zero-order chi connectivity index (χ0) is 11.2. The molecule has 0 bridgehead atoms. The average molecular weight is 218 g/mol. The standard InChI is InChI=1S/C14H18O2/c15-10-11-16-14-8-6-13(7-9-14)12-4-2-1-3-5-12/h1-5,10,13-14H,6-9,11H2/t13-,14-. The summed E-state index contributed by atoms with van der Waals surface area (Å²) in [5, 5.41) is 0. The Morgan fingerprint density at radius 1 is 1.12 bits per heavy atom. The van der Waals surface area contributed by atoms with E-state index in [2.05, 4.69) is 30.3 Å². The van der Waals surface area contributed by atoms with Crippen LogP contribution in [0.25, 0.3) is 0 Å². The predicted molar refractivity (Wildman–Crippen MR) is 63.5 cm³/mol. The first-order chi connectivity index (χ1) is 7.90. The third-order valence-electron chi connectivity index (χ3n) is 3.35. The van der Waals surface area contributed by atoms with E-state index in [9.17, 15) is 4.79 Å². The SMILES string of the molecule is O=CCO[C@H]1CC[C@H](c2ccccc2)CC1. The molecule has 1 saturated carbocycles. The Bertz CT molecular complexity index is 313. The van der Waals surface area contributed by atoms with Gasteiger partial charge in [-0.2, -0.15) is 0 Å². The van der Waals surface area contributed by atoms with E-state index in [-0.39, 0.29) is 6.61 Å². The highest BCUT2D eigenvalue weighted by Crippen LogP contribution is 2.33. The maximum absolute atomic E-state index is 10.2. The lowest BCUT2D eigenvalue weighted by molar-refractivity contribution is -0.114. The highest BCUT2D eigenvalue weighted by molar-refractivity contribution is 5.50. The molecule has 86 valence electrons. The first-order valence-electron chi connectivity index (χ1n) is 6.00. The smallest absolute Gasteiger partial charge is 0.145 e. The lowest BCUT2D eigenvalue weighted by atomic mass is 9.83. The van der Waals surface area contributed by atoms with Crippen LogP contribution in [0, 0.1) is 0 Å². The minimum absolute atomic E-state index is 0.251. The molecule has 0 radical (unpaired) electrons. The van der Waals surface area contributed by atoms with E-state index in [0.29, 0.717) is 12.0 Å². The summed E-state index contributed by atoms with van der Waals surface area (Å²) in [4.78, 5) is 10.2. The molecule has 0 aliphatic heterocycles. The fourth-order valence-electron chi connectivity index (χ4n) is 2.46. The fraction of sp³-hybridized carbons (Fsp3) is 0.500. The van der Waals surface area contributed by atoms with Crippen LogP contribution in [0.15, 0.2) is 30.3 Å². The summed E-state index contributed by atoms with van der Waals surface area (Å²) < 4.78 is 5.45. The largest absolute Gasteiger partial charge is 0.371 e. The van der Waals surface area contributed by atoms with Gasteiger partial charge in [0.15, 0.2) is 0 Å². The van der Waals surface area contributed by atoms with Crippen molar-refractivity contribution in [1.29, 1.82) is 0 Å². The van der Waals surface area contributed by atoms with E-state index in [1.54, 1.807) is 0 Å². The molecule has 0 unspecified atom stereocenters. The summed E-state index contributed by atoms with van der Waals surface area (Å²) >= 11 is 0. The zero-order valence-corrected chi connectivity index (χ0v) is 9.47. The first-order valence-corrected chi connectivity index (χ1v) is 6.00. The number of ether oxygens (including phenoxy) is 1. The van der Waals surface area contributed by atoms with E-state index < -0.39 is 0 Å². The second kappa shape index (κ2) is 5.80. The van der Waals surface area contributed by atoms with Crippen LogP contribution in [0.1, 0.15) is 37.2 Å². The molecule has 0 aromatic heterocycles. The van der Waals surface area contributed by atoms with Crippen LogP contribution in [0.2, 0.25) is 0 Å². The molecule has 2 rings (SSSR count). The van der Waals surface area contributed by atoms with Gasteiger partial charge in [-0.25, -0.2) is 0 Å². The van der Waals surface area contributed by atoms with Gasteiger partial charge in [0.1, 0.15) is 12.9 Å². The van der Waals surface area contributed by atoms with Gasteiger partial charge in [-0.05, 0) is 37.2 Å². The first kappa shape index (κ1) is 11.3. The zero-order valence-electron chi connectivity index (χ0n) is 9.47. The number of carbonyl (C=O) groups excluding carboxylic acids is 1. The molecule has 1 aromatic rings. The lowest BCUT2D eigenvalue weighted by Crippen LogP contribution is -2.21. The summed E-state index contributed by atoms with van der Waals surface area (Å²) in [6.07, 6.45) is 5.63. The van der Waals surface area contributed by atoms with Crippen LogP contribution in [-0.2, 0) is 9.53 Å². The summed E-state index contributed by atoms with van der Waals surface area (Å²) in [5.41, 5.74) is 1.44. The van der Waals surface area contributed by atoms with Crippen LogP contribution in [0.5, 0.6) is 0 Å². The Hall–Kier alpha value is -1.15. The van der Waals surface area contributed by atoms with Gasteiger partial charge in [0.2, 0.25) is 0 Å². The third kappa shape index (κ3) is 2.92. The molecule has 1 fully saturated rings. The number of benzene rings is 1. The van der Waals surface area contributed by atoms with Gasteiger partial charge in [-0.15, -0.1) is 0 Å². The minimum Gasteiger partial charge on any atom is -0.371 e. The summed E-state index contributed by atoms with van der Waals surface area (Å²) in [7, 11) is 0.